The molecule has 0 spiro atoms. The molecule has 0 fully saturated rings. The molecule has 1 N–H and O–H groups in total. The van der Waals surface area contributed by atoms with Gasteiger partial charge in [-0.3, -0.25) is 0 Å². The fourth-order valence-corrected chi connectivity index (χ4v) is 2.57. The number of benzene rings is 1. The third-order valence-corrected chi connectivity index (χ3v) is 3.46. The molecule has 1 heterocycles. The van der Waals surface area contributed by atoms with Crippen molar-refractivity contribution in [3.63, 3.8) is 0 Å². The number of hydrogen-bond donors (Lipinski definition) is 1. The van der Waals surface area contributed by atoms with Crippen molar-refractivity contribution in [3.05, 3.63) is 29.4 Å². The predicted octanol–water partition coefficient (Wildman–Crippen LogP) is 4.32. The number of aromatic amines is 1. The van der Waals surface area contributed by atoms with Crippen LogP contribution in [0.4, 0.5) is 0 Å². The molecular weight excluding hydrogens is 214 g/mol. The number of fused-ring (bicyclic) bond motifs is 1. The lowest BCUT2D eigenvalue weighted by Crippen LogP contribution is -1.86. The predicted molar refractivity (Wildman–Crippen MR) is 64.3 cm³/mol. The summed E-state index contributed by atoms with van der Waals surface area (Å²) < 4.78 is 0. The highest BCUT2D eigenvalue weighted by atomic mass is 35.5. The first-order valence-corrected chi connectivity index (χ1v) is 5.86. The molecule has 0 saturated carbocycles. The van der Waals surface area contributed by atoms with Crippen LogP contribution in [-0.4, -0.2) is 10.2 Å². The van der Waals surface area contributed by atoms with Crippen LogP contribution in [0, 0.1) is 0 Å². The van der Waals surface area contributed by atoms with E-state index >= 15 is 0 Å². The van der Waals surface area contributed by atoms with Gasteiger partial charge in [-0.05, 0) is 18.2 Å². The third kappa shape index (κ3) is 1.91. The van der Waals surface area contributed by atoms with Crippen molar-refractivity contribution in [3.8, 4) is 0 Å². The molecule has 0 bridgehead atoms. The summed E-state index contributed by atoms with van der Waals surface area (Å²) in [7, 11) is 0. The van der Waals surface area contributed by atoms with Gasteiger partial charge < -0.3 is 4.98 Å². The lowest BCUT2D eigenvalue weighted by molar-refractivity contribution is 1.11. The summed E-state index contributed by atoms with van der Waals surface area (Å²) in [5.74, 6) is 0. The number of thioether (sulfide) groups is 1. The summed E-state index contributed by atoms with van der Waals surface area (Å²) in [4.78, 5) is 4.31. The SMILES string of the molecule is CC(C)Sc1cc2cc[nH]c2cc1Cl. The molecule has 74 valence electrons. The van der Waals surface area contributed by atoms with Crippen LogP contribution in [0.3, 0.4) is 0 Å². The molecule has 0 aliphatic heterocycles. The largest absolute Gasteiger partial charge is 0.361 e. The van der Waals surface area contributed by atoms with Gasteiger partial charge in [0.1, 0.15) is 0 Å². The van der Waals surface area contributed by atoms with E-state index in [1.165, 1.54) is 5.39 Å². The van der Waals surface area contributed by atoms with E-state index in [-0.39, 0.29) is 0 Å². The molecule has 0 atom stereocenters. The van der Waals surface area contributed by atoms with Crippen LogP contribution in [0.5, 0.6) is 0 Å². The van der Waals surface area contributed by atoms with Crippen LogP contribution < -0.4 is 0 Å². The Hall–Kier alpha value is -0.600. The first-order chi connectivity index (χ1) is 6.66. The van der Waals surface area contributed by atoms with Crippen molar-refractivity contribution >= 4 is 34.3 Å². The molecule has 0 unspecified atom stereocenters. The normalized spacial score (nSPS) is 11.4. The van der Waals surface area contributed by atoms with Crippen molar-refractivity contribution in [2.24, 2.45) is 0 Å². The molecule has 1 aromatic heterocycles. The molecule has 0 amide bonds. The van der Waals surface area contributed by atoms with Crippen molar-refractivity contribution in [2.75, 3.05) is 0 Å². The molecule has 2 rings (SSSR count). The zero-order valence-corrected chi connectivity index (χ0v) is 9.75. The maximum absolute atomic E-state index is 6.16. The van der Waals surface area contributed by atoms with E-state index < -0.39 is 0 Å². The molecule has 14 heavy (non-hydrogen) atoms. The Morgan fingerprint density at radius 3 is 2.86 bits per heavy atom. The summed E-state index contributed by atoms with van der Waals surface area (Å²) in [6.07, 6.45) is 1.94. The van der Waals surface area contributed by atoms with E-state index in [1.807, 2.05) is 12.3 Å². The number of nitrogens with one attached hydrogen (secondary N) is 1. The van der Waals surface area contributed by atoms with Crippen molar-refractivity contribution in [1.29, 1.82) is 0 Å². The number of rotatable bonds is 2. The average molecular weight is 226 g/mol. The lowest BCUT2D eigenvalue weighted by Gasteiger charge is -2.06. The second-order valence-electron chi connectivity index (χ2n) is 3.51. The van der Waals surface area contributed by atoms with E-state index in [1.54, 1.807) is 11.8 Å². The summed E-state index contributed by atoms with van der Waals surface area (Å²) in [6, 6.07) is 6.19. The van der Waals surface area contributed by atoms with Gasteiger partial charge >= 0.3 is 0 Å². The second kappa shape index (κ2) is 3.87. The van der Waals surface area contributed by atoms with E-state index in [0.717, 1.165) is 15.4 Å². The van der Waals surface area contributed by atoms with Crippen LogP contribution in [0.2, 0.25) is 5.02 Å². The van der Waals surface area contributed by atoms with Crippen LogP contribution in [0.15, 0.2) is 29.3 Å². The minimum atomic E-state index is 0.559. The summed E-state index contributed by atoms with van der Waals surface area (Å²) in [5.41, 5.74) is 1.10. The first-order valence-electron chi connectivity index (χ1n) is 4.60. The Labute approximate surface area is 92.8 Å². The molecule has 0 saturated heterocycles. The Kier molecular flexibility index (Phi) is 2.75. The standard InChI is InChI=1S/C11H12ClNS/c1-7(2)14-11-5-8-3-4-13-10(8)6-9(11)12/h3-7,13H,1-2H3. The van der Waals surface area contributed by atoms with Crippen LogP contribution in [-0.2, 0) is 0 Å². The van der Waals surface area contributed by atoms with E-state index in [2.05, 4.69) is 31.0 Å². The van der Waals surface area contributed by atoms with Crippen molar-refractivity contribution < 1.29 is 0 Å². The Bertz CT molecular complexity index is 447. The molecule has 0 aliphatic carbocycles. The number of aromatic nitrogens is 1. The zero-order chi connectivity index (χ0) is 10.1. The molecule has 1 aromatic carbocycles. The van der Waals surface area contributed by atoms with Gasteiger partial charge in [-0.2, -0.15) is 0 Å². The van der Waals surface area contributed by atoms with Crippen LogP contribution in [0.25, 0.3) is 10.9 Å². The van der Waals surface area contributed by atoms with Gasteiger partial charge in [-0.25, -0.2) is 0 Å². The third-order valence-electron chi connectivity index (χ3n) is 1.97. The highest BCUT2D eigenvalue weighted by molar-refractivity contribution is 8.00. The number of halogens is 1. The van der Waals surface area contributed by atoms with E-state index in [9.17, 15) is 0 Å². The molecule has 0 radical (unpaired) electrons. The maximum atomic E-state index is 6.16. The number of H-pyrrole nitrogens is 1. The molecule has 1 nitrogen and oxygen atoms in total. The van der Waals surface area contributed by atoms with Gasteiger partial charge in [0.2, 0.25) is 0 Å². The van der Waals surface area contributed by atoms with Crippen LogP contribution >= 0.6 is 23.4 Å². The van der Waals surface area contributed by atoms with Gasteiger partial charge in [-0.15, -0.1) is 11.8 Å². The highest BCUT2D eigenvalue weighted by Crippen LogP contribution is 2.33. The van der Waals surface area contributed by atoms with Gasteiger partial charge in [0.15, 0.2) is 0 Å². The first kappa shape index (κ1) is 9.94. The topological polar surface area (TPSA) is 15.8 Å². The van der Waals surface area contributed by atoms with Gasteiger partial charge in [0.05, 0.1) is 5.02 Å². The maximum Gasteiger partial charge on any atom is 0.0563 e. The zero-order valence-electron chi connectivity index (χ0n) is 8.17. The lowest BCUT2D eigenvalue weighted by atomic mass is 10.2. The summed E-state index contributed by atoms with van der Waals surface area (Å²) in [6.45, 7) is 4.34. The molecular formula is C11H12ClNS. The summed E-state index contributed by atoms with van der Waals surface area (Å²) in [5, 5.41) is 2.61. The monoisotopic (exact) mass is 225 g/mol. The van der Waals surface area contributed by atoms with Gasteiger partial charge in [-0.1, -0.05) is 25.4 Å². The van der Waals surface area contributed by atoms with E-state index in [0.29, 0.717) is 5.25 Å². The fraction of sp³-hybridized carbons (Fsp3) is 0.273. The van der Waals surface area contributed by atoms with Gasteiger partial charge in [0, 0.05) is 27.2 Å². The van der Waals surface area contributed by atoms with E-state index in [4.69, 9.17) is 11.6 Å². The second-order valence-corrected chi connectivity index (χ2v) is 5.54. The van der Waals surface area contributed by atoms with Gasteiger partial charge in [0.25, 0.3) is 0 Å². The Morgan fingerprint density at radius 2 is 2.14 bits per heavy atom. The quantitative estimate of drug-likeness (QED) is 0.753. The smallest absolute Gasteiger partial charge is 0.0563 e. The minimum Gasteiger partial charge on any atom is -0.361 e. The average Bonchev–Trinajstić information content (AvgIpc) is 2.51. The van der Waals surface area contributed by atoms with Crippen molar-refractivity contribution in [1.82, 2.24) is 4.98 Å². The highest BCUT2D eigenvalue weighted by Gasteiger charge is 2.06. The van der Waals surface area contributed by atoms with Crippen LogP contribution in [0.1, 0.15) is 13.8 Å². The summed E-state index contributed by atoms with van der Waals surface area (Å²) >= 11 is 7.96. The Balaban J connectivity index is 2.48. The molecule has 2 aromatic rings. The minimum absolute atomic E-state index is 0.559. The molecule has 0 aliphatic rings. The van der Waals surface area contributed by atoms with Crippen molar-refractivity contribution in [2.45, 2.75) is 24.0 Å². The fourth-order valence-electron chi connectivity index (χ4n) is 1.40. The Morgan fingerprint density at radius 1 is 1.36 bits per heavy atom. The number of hydrogen-bond acceptors (Lipinski definition) is 1. The molecule has 3 heteroatoms.